The van der Waals surface area contributed by atoms with Crippen molar-refractivity contribution >= 4 is 34.3 Å². The number of fused-ring (bicyclic) bond motifs is 1. The minimum Gasteiger partial charge on any atom is -0.337 e. The second-order valence-corrected chi connectivity index (χ2v) is 5.71. The number of nitrogens with one attached hydrogen (secondary N) is 2. The molecule has 0 atom stereocenters. The van der Waals surface area contributed by atoms with Crippen LogP contribution in [0.1, 0.15) is 11.1 Å². The van der Waals surface area contributed by atoms with Gasteiger partial charge in [-0.3, -0.25) is 0 Å². The summed E-state index contributed by atoms with van der Waals surface area (Å²) in [6, 6.07) is 15.9. The smallest absolute Gasteiger partial charge is 0.245 e. The Kier molecular flexibility index (Phi) is 3.74. The number of aromatic nitrogens is 4. The van der Waals surface area contributed by atoms with Gasteiger partial charge in [-0.25, -0.2) is 14.6 Å². The third-order valence-electron chi connectivity index (χ3n) is 3.91. The van der Waals surface area contributed by atoms with Gasteiger partial charge in [-0.1, -0.05) is 36.4 Å². The van der Waals surface area contributed by atoms with Crippen LogP contribution >= 0.6 is 0 Å². The Morgan fingerprint density at radius 2 is 1.12 bits per heavy atom. The van der Waals surface area contributed by atoms with Gasteiger partial charge in [0.15, 0.2) is 11.6 Å². The first-order valence-electron chi connectivity index (χ1n) is 7.86. The maximum absolute atomic E-state index is 4.74. The molecule has 25 heavy (non-hydrogen) atoms. The molecule has 4 rings (SSSR count). The summed E-state index contributed by atoms with van der Waals surface area (Å²) < 4.78 is 4.74. The summed E-state index contributed by atoms with van der Waals surface area (Å²) in [6.07, 6.45) is 0. The second-order valence-electron chi connectivity index (χ2n) is 5.71. The van der Waals surface area contributed by atoms with Gasteiger partial charge >= 0.3 is 0 Å². The third-order valence-corrected chi connectivity index (χ3v) is 3.91. The van der Waals surface area contributed by atoms with E-state index in [-0.39, 0.29) is 0 Å². The van der Waals surface area contributed by atoms with Crippen LogP contribution < -0.4 is 10.6 Å². The highest BCUT2D eigenvalue weighted by molar-refractivity contribution is 5.80. The van der Waals surface area contributed by atoms with E-state index in [9.17, 15) is 0 Å². The van der Waals surface area contributed by atoms with Crippen molar-refractivity contribution in [3.63, 3.8) is 0 Å². The first kappa shape index (κ1) is 15.1. The van der Waals surface area contributed by atoms with E-state index in [4.69, 9.17) is 4.63 Å². The van der Waals surface area contributed by atoms with Crippen molar-refractivity contribution in [2.24, 2.45) is 0 Å². The Hall–Kier alpha value is -3.48. The number of hydrogen-bond acceptors (Lipinski definition) is 7. The van der Waals surface area contributed by atoms with Crippen LogP contribution in [0.15, 0.2) is 53.2 Å². The fourth-order valence-electron chi connectivity index (χ4n) is 2.49. The number of nitrogens with zero attached hydrogens (tertiary/aromatic N) is 4. The van der Waals surface area contributed by atoms with E-state index < -0.39 is 0 Å². The zero-order chi connectivity index (χ0) is 17.2. The molecular formula is C18H16N6O. The van der Waals surface area contributed by atoms with E-state index in [1.54, 1.807) is 0 Å². The van der Waals surface area contributed by atoms with Crippen LogP contribution in [0.3, 0.4) is 0 Å². The van der Waals surface area contributed by atoms with E-state index in [0.29, 0.717) is 22.9 Å². The van der Waals surface area contributed by atoms with Crippen LogP contribution in [0.2, 0.25) is 0 Å². The molecule has 0 aliphatic carbocycles. The van der Waals surface area contributed by atoms with Crippen molar-refractivity contribution < 1.29 is 4.63 Å². The fraction of sp³-hybridized carbons (Fsp3) is 0.111. The monoisotopic (exact) mass is 332 g/mol. The molecule has 2 aromatic carbocycles. The van der Waals surface area contributed by atoms with Gasteiger partial charge in [0.25, 0.3) is 0 Å². The lowest BCUT2D eigenvalue weighted by molar-refractivity contribution is 0.314. The maximum Gasteiger partial charge on any atom is 0.245 e. The molecule has 0 fully saturated rings. The average Bonchev–Trinajstić information content (AvgIpc) is 3.06. The van der Waals surface area contributed by atoms with E-state index in [0.717, 1.165) is 22.5 Å². The zero-order valence-corrected chi connectivity index (χ0v) is 13.8. The third kappa shape index (κ3) is 2.99. The first-order chi connectivity index (χ1) is 12.2. The summed E-state index contributed by atoms with van der Waals surface area (Å²) in [7, 11) is 0. The zero-order valence-electron chi connectivity index (χ0n) is 13.8. The van der Waals surface area contributed by atoms with Gasteiger partial charge in [0.05, 0.1) is 0 Å². The van der Waals surface area contributed by atoms with Gasteiger partial charge in [0, 0.05) is 11.4 Å². The summed E-state index contributed by atoms with van der Waals surface area (Å²) in [5.74, 6) is 1.11. The fourth-order valence-corrected chi connectivity index (χ4v) is 2.49. The molecule has 0 aliphatic heterocycles. The topological polar surface area (TPSA) is 88.8 Å². The lowest BCUT2D eigenvalue weighted by Gasteiger charge is -2.14. The van der Waals surface area contributed by atoms with Crippen molar-refractivity contribution in [1.82, 2.24) is 20.3 Å². The highest BCUT2D eigenvalue weighted by atomic mass is 16.6. The molecule has 0 saturated heterocycles. The predicted octanol–water partition coefficient (Wildman–Crippen LogP) is 4.12. The number of rotatable bonds is 4. The molecule has 7 nitrogen and oxygen atoms in total. The highest BCUT2D eigenvalue weighted by Crippen LogP contribution is 2.28. The highest BCUT2D eigenvalue weighted by Gasteiger charge is 2.14. The summed E-state index contributed by atoms with van der Waals surface area (Å²) in [6.45, 7) is 4.06. The second kappa shape index (κ2) is 6.20. The van der Waals surface area contributed by atoms with Crippen LogP contribution in [-0.2, 0) is 0 Å². The molecule has 2 aromatic heterocycles. The Balaban J connectivity index is 1.78. The quantitative estimate of drug-likeness (QED) is 0.581. The minimum absolute atomic E-state index is 0.353. The molecule has 2 N–H and O–H groups in total. The van der Waals surface area contributed by atoms with Gasteiger partial charge in [-0.2, -0.15) is 0 Å². The minimum atomic E-state index is 0.353. The number of anilines is 4. The van der Waals surface area contributed by atoms with Crippen molar-refractivity contribution in [2.45, 2.75) is 13.8 Å². The Labute approximate surface area is 144 Å². The Bertz CT molecular complexity index is 961. The van der Waals surface area contributed by atoms with Crippen LogP contribution in [0, 0.1) is 13.8 Å². The standard InChI is InChI=1S/C18H16N6O/c1-11-7-3-5-9-13(11)19-15-16(20-14-10-6-4-8-12(14)2)22-18-17(21-15)23-25-24-18/h3-10H,1-2H3,(H,19,21,23)(H,20,22,24). The molecule has 0 amide bonds. The molecule has 7 heteroatoms. The SMILES string of the molecule is Cc1ccccc1Nc1nc2nonc2nc1Nc1ccccc1C. The van der Waals surface area contributed by atoms with Crippen LogP contribution in [-0.4, -0.2) is 20.3 Å². The molecule has 0 unspecified atom stereocenters. The van der Waals surface area contributed by atoms with Crippen molar-refractivity contribution in [2.75, 3.05) is 10.6 Å². The summed E-state index contributed by atoms with van der Waals surface area (Å²) in [5, 5.41) is 14.2. The molecule has 2 heterocycles. The van der Waals surface area contributed by atoms with E-state index in [1.807, 2.05) is 62.4 Å². The largest absolute Gasteiger partial charge is 0.337 e. The first-order valence-corrected chi connectivity index (χ1v) is 7.86. The summed E-state index contributed by atoms with van der Waals surface area (Å²) in [4.78, 5) is 8.99. The van der Waals surface area contributed by atoms with Crippen LogP contribution in [0.5, 0.6) is 0 Å². The Morgan fingerprint density at radius 1 is 0.680 bits per heavy atom. The summed E-state index contributed by atoms with van der Waals surface area (Å²) >= 11 is 0. The van der Waals surface area contributed by atoms with E-state index in [2.05, 4.69) is 30.9 Å². The van der Waals surface area contributed by atoms with Gasteiger partial charge in [-0.05, 0) is 47.4 Å². The lowest BCUT2D eigenvalue weighted by atomic mass is 10.2. The van der Waals surface area contributed by atoms with Gasteiger partial charge in [-0.15, -0.1) is 0 Å². The number of para-hydroxylation sites is 2. The number of hydrogen-bond donors (Lipinski definition) is 2. The molecule has 124 valence electrons. The van der Waals surface area contributed by atoms with Crippen LogP contribution in [0.4, 0.5) is 23.0 Å². The maximum atomic E-state index is 4.74. The van der Waals surface area contributed by atoms with Crippen molar-refractivity contribution in [3.8, 4) is 0 Å². The molecule has 0 saturated carbocycles. The molecular weight excluding hydrogens is 316 g/mol. The molecule has 0 radical (unpaired) electrons. The van der Waals surface area contributed by atoms with Crippen LogP contribution in [0.25, 0.3) is 11.3 Å². The lowest BCUT2D eigenvalue weighted by Crippen LogP contribution is -2.04. The molecule has 0 spiro atoms. The van der Waals surface area contributed by atoms with Gasteiger partial charge in [0.2, 0.25) is 11.3 Å². The van der Waals surface area contributed by atoms with E-state index >= 15 is 0 Å². The molecule has 0 aliphatic rings. The normalized spacial score (nSPS) is 10.8. The van der Waals surface area contributed by atoms with Crippen molar-refractivity contribution in [1.29, 1.82) is 0 Å². The Morgan fingerprint density at radius 3 is 1.56 bits per heavy atom. The number of benzene rings is 2. The predicted molar refractivity (Wildman–Crippen MR) is 96.3 cm³/mol. The molecule has 4 aromatic rings. The van der Waals surface area contributed by atoms with Gasteiger partial charge < -0.3 is 10.6 Å². The average molecular weight is 332 g/mol. The number of aryl methyl sites for hydroxylation is 2. The van der Waals surface area contributed by atoms with E-state index in [1.165, 1.54) is 0 Å². The summed E-state index contributed by atoms with van der Waals surface area (Å²) in [5.41, 5.74) is 4.80. The van der Waals surface area contributed by atoms with Gasteiger partial charge in [0.1, 0.15) is 0 Å². The molecule has 0 bridgehead atoms. The van der Waals surface area contributed by atoms with Crippen molar-refractivity contribution in [3.05, 3.63) is 59.7 Å².